The van der Waals surface area contributed by atoms with Crippen molar-refractivity contribution in [3.8, 4) is 5.75 Å². The summed E-state index contributed by atoms with van der Waals surface area (Å²) < 4.78 is 5.36. The molecule has 0 heterocycles. The Bertz CT molecular complexity index is 382. The first kappa shape index (κ1) is 13.0. The van der Waals surface area contributed by atoms with Crippen LogP contribution in [0.2, 0.25) is 0 Å². The summed E-state index contributed by atoms with van der Waals surface area (Å²) in [5, 5.41) is 5.59. The van der Waals surface area contributed by atoms with Gasteiger partial charge >= 0.3 is 6.03 Å². The van der Waals surface area contributed by atoms with E-state index in [0.717, 1.165) is 11.4 Å². The maximum atomic E-state index is 10.4. The van der Waals surface area contributed by atoms with Gasteiger partial charge in [0.25, 0.3) is 0 Å². The number of nitrogen functional groups attached to an aromatic ring is 1. The smallest absolute Gasteiger partial charge is 0.312 e. The monoisotopic (exact) mass is 238 g/mol. The first-order valence-corrected chi connectivity index (χ1v) is 5.42. The SMILES string of the molecule is CCOc1cc(N)cc(NCCNC(N)=O)c1. The van der Waals surface area contributed by atoms with Gasteiger partial charge < -0.3 is 26.8 Å². The molecule has 94 valence electrons. The minimum atomic E-state index is -0.533. The molecule has 6 heteroatoms. The van der Waals surface area contributed by atoms with Gasteiger partial charge in [-0.2, -0.15) is 0 Å². The molecule has 1 aromatic carbocycles. The Morgan fingerprint density at radius 1 is 1.35 bits per heavy atom. The Morgan fingerprint density at radius 2 is 2.12 bits per heavy atom. The second-order valence-corrected chi connectivity index (χ2v) is 3.44. The number of nitrogens with two attached hydrogens (primary N) is 2. The van der Waals surface area contributed by atoms with Gasteiger partial charge in [0.2, 0.25) is 0 Å². The van der Waals surface area contributed by atoms with Crippen LogP contribution >= 0.6 is 0 Å². The molecule has 0 aliphatic heterocycles. The minimum Gasteiger partial charge on any atom is -0.494 e. The quantitative estimate of drug-likeness (QED) is 0.433. The predicted molar refractivity (Wildman–Crippen MR) is 68.1 cm³/mol. The van der Waals surface area contributed by atoms with Gasteiger partial charge in [-0.05, 0) is 13.0 Å². The summed E-state index contributed by atoms with van der Waals surface area (Å²) in [6.45, 7) is 3.52. The molecule has 17 heavy (non-hydrogen) atoms. The number of urea groups is 1. The number of rotatable bonds is 6. The van der Waals surface area contributed by atoms with E-state index in [1.54, 1.807) is 12.1 Å². The highest BCUT2D eigenvalue weighted by Gasteiger charge is 1.99. The van der Waals surface area contributed by atoms with Crippen LogP contribution in [0.4, 0.5) is 16.2 Å². The van der Waals surface area contributed by atoms with Gasteiger partial charge in [-0.25, -0.2) is 4.79 Å². The van der Waals surface area contributed by atoms with Crippen molar-refractivity contribution in [2.75, 3.05) is 30.7 Å². The Labute approximate surface area is 100 Å². The van der Waals surface area contributed by atoms with E-state index in [2.05, 4.69) is 10.6 Å². The first-order chi connectivity index (χ1) is 8.11. The Hall–Kier alpha value is -2.11. The molecule has 6 N–H and O–H groups in total. The summed E-state index contributed by atoms with van der Waals surface area (Å²) in [5.74, 6) is 0.720. The first-order valence-electron chi connectivity index (χ1n) is 5.42. The second-order valence-electron chi connectivity index (χ2n) is 3.44. The molecule has 0 spiro atoms. The van der Waals surface area contributed by atoms with E-state index in [4.69, 9.17) is 16.2 Å². The Balaban J connectivity index is 2.49. The summed E-state index contributed by atoms with van der Waals surface area (Å²) in [7, 11) is 0. The number of benzene rings is 1. The molecule has 0 radical (unpaired) electrons. The number of anilines is 2. The molecular formula is C11H18N4O2. The van der Waals surface area contributed by atoms with Crippen LogP contribution in [0.3, 0.4) is 0 Å². The fourth-order valence-corrected chi connectivity index (χ4v) is 1.37. The molecule has 6 nitrogen and oxygen atoms in total. The molecular weight excluding hydrogens is 220 g/mol. The lowest BCUT2D eigenvalue weighted by atomic mass is 10.2. The number of hydrogen-bond donors (Lipinski definition) is 4. The van der Waals surface area contributed by atoms with Crippen molar-refractivity contribution in [1.82, 2.24) is 5.32 Å². The largest absolute Gasteiger partial charge is 0.494 e. The molecule has 1 aromatic rings. The zero-order chi connectivity index (χ0) is 12.7. The molecule has 0 saturated heterocycles. The lowest BCUT2D eigenvalue weighted by Gasteiger charge is -2.10. The molecule has 0 bridgehead atoms. The Kier molecular flexibility index (Phi) is 4.93. The van der Waals surface area contributed by atoms with Crippen molar-refractivity contribution in [3.63, 3.8) is 0 Å². The molecule has 0 aliphatic rings. The van der Waals surface area contributed by atoms with E-state index in [1.807, 2.05) is 13.0 Å². The summed E-state index contributed by atoms with van der Waals surface area (Å²) >= 11 is 0. The van der Waals surface area contributed by atoms with Crippen molar-refractivity contribution >= 4 is 17.4 Å². The summed E-state index contributed by atoms with van der Waals surface area (Å²) in [6.07, 6.45) is 0. The van der Waals surface area contributed by atoms with Crippen molar-refractivity contribution in [2.45, 2.75) is 6.92 Å². The van der Waals surface area contributed by atoms with Crippen LogP contribution in [0.25, 0.3) is 0 Å². The molecule has 0 atom stereocenters. The molecule has 0 saturated carbocycles. The van der Waals surface area contributed by atoms with Crippen molar-refractivity contribution < 1.29 is 9.53 Å². The van der Waals surface area contributed by atoms with Gasteiger partial charge in [0.1, 0.15) is 5.75 Å². The molecule has 0 aliphatic carbocycles. The van der Waals surface area contributed by atoms with Gasteiger partial charge in [0, 0.05) is 36.6 Å². The third kappa shape index (κ3) is 4.96. The van der Waals surface area contributed by atoms with Crippen LogP contribution < -0.4 is 26.8 Å². The highest BCUT2D eigenvalue weighted by molar-refractivity contribution is 5.71. The second kappa shape index (κ2) is 6.47. The number of ether oxygens (including phenoxy) is 1. The van der Waals surface area contributed by atoms with Crippen LogP contribution in [-0.2, 0) is 0 Å². The van der Waals surface area contributed by atoms with E-state index in [9.17, 15) is 4.79 Å². The lowest BCUT2D eigenvalue weighted by molar-refractivity contribution is 0.249. The van der Waals surface area contributed by atoms with Crippen molar-refractivity contribution in [1.29, 1.82) is 0 Å². The predicted octanol–water partition coefficient (Wildman–Crippen LogP) is 0.748. The van der Waals surface area contributed by atoms with Gasteiger partial charge in [0.15, 0.2) is 0 Å². The van der Waals surface area contributed by atoms with Crippen LogP contribution in [0.5, 0.6) is 5.75 Å². The third-order valence-electron chi connectivity index (χ3n) is 1.99. The van der Waals surface area contributed by atoms with Crippen LogP contribution in [0.1, 0.15) is 6.92 Å². The van der Waals surface area contributed by atoms with Gasteiger partial charge in [0.05, 0.1) is 6.61 Å². The molecule has 0 unspecified atom stereocenters. The summed E-state index contributed by atoms with van der Waals surface area (Å²) in [5.41, 5.74) is 12.1. The summed E-state index contributed by atoms with van der Waals surface area (Å²) in [4.78, 5) is 10.4. The molecule has 1 rings (SSSR count). The van der Waals surface area contributed by atoms with E-state index >= 15 is 0 Å². The van der Waals surface area contributed by atoms with E-state index in [-0.39, 0.29) is 0 Å². The van der Waals surface area contributed by atoms with Crippen LogP contribution in [0.15, 0.2) is 18.2 Å². The zero-order valence-electron chi connectivity index (χ0n) is 9.82. The number of carbonyl (C=O) groups is 1. The van der Waals surface area contributed by atoms with Gasteiger partial charge in [-0.15, -0.1) is 0 Å². The Morgan fingerprint density at radius 3 is 2.76 bits per heavy atom. The van der Waals surface area contributed by atoms with Crippen molar-refractivity contribution in [2.24, 2.45) is 5.73 Å². The zero-order valence-corrected chi connectivity index (χ0v) is 9.82. The minimum absolute atomic E-state index is 0.452. The topological polar surface area (TPSA) is 102 Å². The van der Waals surface area contributed by atoms with Crippen LogP contribution in [0, 0.1) is 0 Å². The van der Waals surface area contributed by atoms with E-state index < -0.39 is 6.03 Å². The number of nitrogens with one attached hydrogen (secondary N) is 2. The van der Waals surface area contributed by atoms with Crippen LogP contribution in [-0.4, -0.2) is 25.7 Å². The average Bonchev–Trinajstić information content (AvgIpc) is 2.24. The number of hydrogen-bond acceptors (Lipinski definition) is 4. The fraction of sp³-hybridized carbons (Fsp3) is 0.364. The highest BCUT2D eigenvalue weighted by atomic mass is 16.5. The number of amides is 2. The van der Waals surface area contributed by atoms with Crippen molar-refractivity contribution in [3.05, 3.63) is 18.2 Å². The third-order valence-corrected chi connectivity index (χ3v) is 1.99. The average molecular weight is 238 g/mol. The molecule has 0 aromatic heterocycles. The lowest BCUT2D eigenvalue weighted by Crippen LogP contribution is -2.33. The fourth-order valence-electron chi connectivity index (χ4n) is 1.37. The molecule has 2 amide bonds. The maximum absolute atomic E-state index is 10.4. The molecule has 0 fully saturated rings. The number of primary amides is 1. The van der Waals surface area contributed by atoms with E-state index in [1.165, 1.54) is 0 Å². The normalized spacial score (nSPS) is 9.71. The maximum Gasteiger partial charge on any atom is 0.312 e. The standard InChI is InChI=1S/C11H18N4O2/c1-2-17-10-6-8(12)5-9(7-10)14-3-4-15-11(13)16/h5-7,14H,2-4,12H2,1H3,(H3,13,15,16). The highest BCUT2D eigenvalue weighted by Crippen LogP contribution is 2.22. The van der Waals surface area contributed by atoms with Gasteiger partial charge in [-0.1, -0.05) is 0 Å². The number of carbonyl (C=O) groups excluding carboxylic acids is 1. The van der Waals surface area contributed by atoms with Gasteiger partial charge in [-0.3, -0.25) is 0 Å². The summed E-state index contributed by atoms with van der Waals surface area (Å²) in [6, 6.07) is 4.88. The van der Waals surface area contributed by atoms with E-state index in [0.29, 0.717) is 25.4 Å².